The van der Waals surface area contributed by atoms with Gasteiger partial charge in [-0.05, 0) is 37.1 Å². The molecule has 0 fully saturated rings. The van der Waals surface area contributed by atoms with Crippen LogP contribution < -0.4 is 5.32 Å². The van der Waals surface area contributed by atoms with Gasteiger partial charge in [0.25, 0.3) is 5.91 Å². The molecular weight excluding hydrogens is 419 g/mol. The summed E-state index contributed by atoms with van der Waals surface area (Å²) >= 11 is 1.08. The average Bonchev–Trinajstić information content (AvgIpc) is 3.09. The highest BCUT2D eigenvalue weighted by Crippen LogP contribution is 2.24. The molecule has 0 saturated heterocycles. The number of carbonyl (C=O) groups excluding carboxylic acids is 2. The van der Waals surface area contributed by atoms with E-state index >= 15 is 0 Å². The average molecular weight is 435 g/mol. The second-order valence-electron chi connectivity index (χ2n) is 6.19. The number of ether oxygens (including phenoxy) is 1. The lowest BCUT2D eigenvalue weighted by Gasteiger charge is -2.08. The van der Waals surface area contributed by atoms with Crippen LogP contribution in [0.3, 0.4) is 0 Å². The number of benzene rings is 1. The van der Waals surface area contributed by atoms with Crippen molar-refractivity contribution in [2.24, 2.45) is 0 Å². The minimum atomic E-state index is -4.40. The third-order valence-corrected chi connectivity index (χ3v) is 4.87. The first-order valence-electron chi connectivity index (χ1n) is 8.78. The maximum Gasteiger partial charge on any atom is 0.409 e. The van der Waals surface area contributed by atoms with Crippen molar-refractivity contribution in [3.8, 4) is 0 Å². The number of hydrogen-bond acceptors (Lipinski definition) is 6. The van der Waals surface area contributed by atoms with E-state index in [4.69, 9.17) is 4.74 Å². The number of aromatic nitrogens is 2. The van der Waals surface area contributed by atoms with Crippen molar-refractivity contribution < 1.29 is 27.5 Å². The number of amides is 1. The van der Waals surface area contributed by atoms with Crippen molar-refractivity contribution >= 4 is 45.3 Å². The number of esters is 1. The van der Waals surface area contributed by atoms with Gasteiger partial charge in [-0.25, -0.2) is 14.8 Å². The summed E-state index contributed by atoms with van der Waals surface area (Å²) in [6.45, 7) is 3.55. The SMILES string of the molecule is CCOC(=O)c1nc2cc(NC(=O)c3ccc(C=CC(F)(F)F)cc3C)cnc2s1. The molecule has 0 bridgehead atoms. The first kappa shape index (κ1) is 21.4. The number of carbonyl (C=O) groups is 2. The first-order valence-corrected chi connectivity index (χ1v) is 9.59. The molecule has 0 unspecified atom stereocenters. The largest absolute Gasteiger partial charge is 0.461 e. The Bertz CT molecular complexity index is 1140. The van der Waals surface area contributed by atoms with Gasteiger partial charge in [-0.15, -0.1) is 0 Å². The summed E-state index contributed by atoms with van der Waals surface area (Å²) in [4.78, 5) is 33.2. The van der Waals surface area contributed by atoms with Crippen LogP contribution in [0.5, 0.6) is 0 Å². The van der Waals surface area contributed by atoms with Crippen LogP contribution in [0.4, 0.5) is 18.9 Å². The van der Waals surface area contributed by atoms with Crippen molar-refractivity contribution in [1.82, 2.24) is 9.97 Å². The van der Waals surface area contributed by atoms with Gasteiger partial charge in [-0.3, -0.25) is 4.79 Å². The highest BCUT2D eigenvalue weighted by molar-refractivity contribution is 7.19. The Labute approximate surface area is 173 Å². The molecule has 0 spiro atoms. The van der Waals surface area contributed by atoms with Crippen LogP contribution in [-0.4, -0.2) is 34.6 Å². The molecule has 10 heteroatoms. The van der Waals surface area contributed by atoms with E-state index in [0.717, 1.165) is 17.4 Å². The van der Waals surface area contributed by atoms with Crippen LogP contribution in [0.1, 0.15) is 38.2 Å². The summed E-state index contributed by atoms with van der Waals surface area (Å²) < 4.78 is 41.8. The van der Waals surface area contributed by atoms with E-state index in [1.54, 1.807) is 19.9 Å². The Morgan fingerprint density at radius 3 is 2.70 bits per heavy atom. The van der Waals surface area contributed by atoms with E-state index in [9.17, 15) is 22.8 Å². The highest BCUT2D eigenvalue weighted by Gasteiger charge is 2.22. The Hall–Kier alpha value is -3.27. The molecule has 0 aliphatic rings. The number of allylic oxidation sites excluding steroid dienone is 1. The van der Waals surface area contributed by atoms with Crippen LogP contribution >= 0.6 is 11.3 Å². The van der Waals surface area contributed by atoms with Crippen molar-refractivity contribution in [3.63, 3.8) is 0 Å². The monoisotopic (exact) mass is 435 g/mol. The van der Waals surface area contributed by atoms with E-state index in [1.165, 1.54) is 24.4 Å². The molecule has 3 aromatic rings. The van der Waals surface area contributed by atoms with Crippen LogP contribution in [-0.2, 0) is 4.74 Å². The number of hydrogen-bond donors (Lipinski definition) is 1. The molecule has 0 saturated carbocycles. The maximum atomic E-state index is 12.6. The van der Waals surface area contributed by atoms with Gasteiger partial charge < -0.3 is 10.1 Å². The number of nitrogens with zero attached hydrogens (tertiary/aromatic N) is 2. The normalized spacial score (nSPS) is 11.8. The second kappa shape index (κ2) is 8.62. The number of nitrogens with one attached hydrogen (secondary N) is 1. The standard InChI is InChI=1S/C20H16F3N3O3S/c1-3-29-19(28)18-26-15-9-13(10-24-17(15)30-18)25-16(27)14-5-4-12(8-11(14)2)6-7-20(21,22)23/h4-10H,3H2,1-2H3,(H,25,27). The van der Waals surface area contributed by atoms with Gasteiger partial charge in [-0.1, -0.05) is 29.5 Å². The van der Waals surface area contributed by atoms with Crippen LogP contribution in [0.15, 0.2) is 36.5 Å². The summed E-state index contributed by atoms with van der Waals surface area (Å²) in [5.74, 6) is -0.984. The third kappa shape index (κ3) is 5.20. The van der Waals surface area contributed by atoms with Gasteiger partial charge in [0.15, 0.2) is 0 Å². The van der Waals surface area contributed by atoms with Gasteiger partial charge in [-0.2, -0.15) is 13.2 Å². The number of thiazole rings is 1. The van der Waals surface area contributed by atoms with E-state index in [-0.39, 0.29) is 17.7 Å². The zero-order valence-corrected chi connectivity index (χ0v) is 16.7. The Kier molecular flexibility index (Phi) is 6.16. The number of fused-ring (bicyclic) bond motifs is 1. The zero-order valence-electron chi connectivity index (χ0n) is 15.9. The van der Waals surface area contributed by atoms with Crippen molar-refractivity contribution in [3.05, 3.63) is 58.2 Å². The lowest BCUT2D eigenvalue weighted by molar-refractivity contribution is -0.0790. The molecule has 30 heavy (non-hydrogen) atoms. The van der Waals surface area contributed by atoms with E-state index in [2.05, 4.69) is 15.3 Å². The minimum Gasteiger partial charge on any atom is -0.461 e. The lowest BCUT2D eigenvalue weighted by Crippen LogP contribution is -2.13. The molecule has 0 aliphatic heterocycles. The molecule has 1 aromatic carbocycles. The summed E-state index contributed by atoms with van der Waals surface area (Å²) in [7, 11) is 0. The fraction of sp³-hybridized carbons (Fsp3) is 0.200. The van der Waals surface area contributed by atoms with Gasteiger partial charge in [0.2, 0.25) is 5.01 Å². The molecule has 156 valence electrons. The van der Waals surface area contributed by atoms with Crippen LogP contribution in [0.2, 0.25) is 0 Å². The number of aryl methyl sites for hydroxylation is 1. The smallest absolute Gasteiger partial charge is 0.409 e. The van der Waals surface area contributed by atoms with E-state index in [0.29, 0.717) is 32.7 Å². The molecular formula is C20H16F3N3O3S. The number of anilines is 1. The van der Waals surface area contributed by atoms with E-state index in [1.807, 2.05) is 0 Å². The molecule has 0 radical (unpaired) electrons. The molecule has 6 nitrogen and oxygen atoms in total. The van der Waals surface area contributed by atoms with E-state index < -0.39 is 18.1 Å². The highest BCUT2D eigenvalue weighted by atomic mass is 32.1. The zero-order chi connectivity index (χ0) is 21.9. The molecule has 3 rings (SSSR count). The first-order chi connectivity index (χ1) is 14.2. The fourth-order valence-corrected chi connectivity index (χ4v) is 3.39. The molecule has 0 aliphatic carbocycles. The summed E-state index contributed by atoms with van der Waals surface area (Å²) in [5.41, 5.74) is 1.96. The lowest BCUT2D eigenvalue weighted by atomic mass is 10.0. The number of halogens is 3. The summed E-state index contributed by atoms with van der Waals surface area (Å²) in [6.07, 6.45) is -1.89. The molecule has 2 aromatic heterocycles. The van der Waals surface area contributed by atoms with Gasteiger partial charge in [0.1, 0.15) is 10.3 Å². The Morgan fingerprint density at radius 1 is 1.27 bits per heavy atom. The number of alkyl halides is 3. The molecule has 2 heterocycles. The summed E-state index contributed by atoms with van der Waals surface area (Å²) in [6, 6.07) is 5.95. The molecule has 1 amide bonds. The van der Waals surface area contributed by atoms with Gasteiger partial charge >= 0.3 is 12.1 Å². The molecule has 0 atom stereocenters. The second-order valence-corrected chi connectivity index (χ2v) is 7.17. The van der Waals surface area contributed by atoms with Crippen LogP contribution in [0, 0.1) is 6.92 Å². The summed E-state index contributed by atoms with van der Waals surface area (Å²) in [5, 5.41) is 2.85. The number of rotatable bonds is 5. The third-order valence-electron chi connectivity index (χ3n) is 3.92. The quantitative estimate of drug-likeness (QED) is 0.570. The van der Waals surface area contributed by atoms with Gasteiger partial charge in [0.05, 0.1) is 18.5 Å². The Balaban J connectivity index is 1.77. The maximum absolute atomic E-state index is 12.6. The number of pyridine rings is 1. The fourth-order valence-electron chi connectivity index (χ4n) is 2.61. The Morgan fingerprint density at radius 2 is 2.03 bits per heavy atom. The molecule has 1 N–H and O–H groups in total. The minimum absolute atomic E-state index is 0.140. The van der Waals surface area contributed by atoms with Crippen LogP contribution in [0.25, 0.3) is 16.4 Å². The van der Waals surface area contributed by atoms with Crippen molar-refractivity contribution in [2.45, 2.75) is 20.0 Å². The van der Waals surface area contributed by atoms with Gasteiger partial charge in [0, 0.05) is 11.6 Å². The van der Waals surface area contributed by atoms with Crippen molar-refractivity contribution in [1.29, 1.82) is 0 Å². The predicted octanol–water partition coefficient (Wildman–Crippen LogP) is 5.00. The van der Waals surface area contributed by atoms with Crippen molar-refractivity contribution in [2.75, 3.05) is 11.9 Å². The topological polar surface area (TPSA) is 81.2 Å². The predicted molar refractivity (Wildman–Crippen MR) is 108 cm³/mol.